The lowest BCUT2D eigenvalue weighted by Crippen LogP contribution is -2.27. The molecule has 1 heterocycles. The number of hydrogen-bond donors (Lipinski definition) is 1. The Morgan fingerprint density at radius 2 is 2.50 bits per heavy atom. The number of urea groups is 1. The van der Waals surface area contributed by atoms with Crippen LogP contribution in [0.1, 0.15) is 6.42 Å². The molecule has 0 spiro atoms. The lowest BCUT2D eigenvalue weighted by molar-refractivity contribution is 0.248. The molecule has 4 heteroatoms. The molecule has 8 heavy (non-hydrogen) atoms. The van der Waals surface area contributed by atoms with E-state index in [9.17, 15) is 4.79 Å². The molecule has 1 aliphatic rings. The smallest absolute Gasteiger partial charge is 0.336 e. The highest BCUT2D eigenvalue weighted by Gasteiger charge is 2.06. The average Bonchev–Trinajstić information content (AvgIpc) is 1.64. The first-order chi connectivity index (χ1) is 3.79. The van der Waals surface area contributed by atoms with Crippen LogP contribution in [-0.2, 0) is 0 Å². The van der Waals surface area contributed by atoms with Gasteiger partial charge < -0.3 is 5.32 Å². The Morgan fingerprint density at radius 1 is 1.75 bits per heavy atom. The van der Waals surface area contributed by atoms with Crippen molar-refractivity contribution in [3.05, 3.63) is 0 Å². The summed E-state index contributed by atoms with van der Waals surface area (Å²) in [4.78, 5) is 13.7. The van der Waals surface area contributed by atoms with E-state index >= 15 is 0 Å². The number of amides is 2. The summed E-state index contributed by atoms with van der Waals surface area (Å²) in [5, 5.41) is 2.90. The maximum absolute atomic E-state index is 10.3. The van der Waals surface area contributed by atoms with Crippen molar-refractivity contribution in [3.8, 4) is 0 Å². The summed E-state index contributed by atoms with van der Waals surface area (Å²) >= 11 is 5.40. The first-order valence-electron chi connectivity index (χ1n) is 2.30. The Morgan fingerprint density at radius 3 is 2.88 bits per heavy atom. The Bertz CT molecular complexity index is 143. The molecule has 0 saturated heterocycles. The Hall–Kier alpha value is -0.570. The number of halogens is 1. The van der Waals surface area contributed by atoms with Gasteiger partial charge in [0.05, 0.1) is 0 Å². The molecule has 0 aliphatic carbocycles. The van der Waals surface area contributed by atoms with Crippen molar-refractivity contribution >= 4 is 22.8 Å². The highest BCUT2D eigenvalue weighted by molar-refractivity contribution is 6.66. The third-order valence-electron chi connectivity index (χ3n) is 0.830. The van der Waals surface area contributed by atoms with Gasteiger partial charge in [0.25, 0.3) is 0 Å². The second-order valence-corrected chi connectivity index (χ2v) is 1.91. The van der Waals surface area contributed by atoms with E-state index in [2.05, 4.69) is 10.3 Å². The third kappa shape index (κ3) is 1.20. The molecule has 0 aromatic carbocycles. The standard InChI is InChI=1S/C4H5ClN2O/c5-3-1-2-6-4(8)7-3/h1-2H2,(H,6,8). The van der Waals surface area contributed by atoms with E-state index in [1.807, 2.05) is 0 Å². The van der Waals surface area contributed by atoms with Gasteiger partial charge in [-0.25, -0.2) is 4.79 Å². The number of aliphatic imine (C=N–C) groups is 1. The molecule has 0 unspecified atom stereocenters. The molecule has 1 aliphatic heterocycles. The van der Waals surface area contributed by atoms with Crippen LogP contribution in [0.25, 0.3) is 0 Å². The first-order valence-corrected chi connectivity index (χ1v) is 2.68. The van der Waals surface area contributed by atoms with Crippen molar-refractivity contribution in [3.63, 3.8) is 0 Å². The van der Waals surface area contributed by atoms with E-state index in [1.54, 1.807) is 0 Å². The van der Waals surface area contributed by atoms with Crippen molar-refractivity contribution in [2.24, 2.45) is 4.99 Å². The van der Waals surface area contributed by atoms with E-state index in [-0.39, 0.29) is 6.03 Å². The molecule has 3 nitrogen and oxygen atoms in total. The minimum absolute atomic E-state index is 0.332. The lowest BCUT2D eigenvalue weighted by atomic mass is 10.4. The fraction of sp³-hybridized carbons (Fsp3) is 0.500. The van der Waals surface area contributed by atoms with Crippen LogP contribution in [-0.4, -0.2) is 17.7 Å². The van der Waals surface area contributed by atoms with Gasteiger partial charge in [0, 0.05) is 13.0 Å². The van der Waals surface area contributed by atoms with E-state index < -0.39 is 0 Å². The van der Waals surface area contributed by atoms with Crippen LogP contribution >= 0.6 is 11.6 Å². The van der Waals surface area contributed by atoms with E-state index in [0.717, 1.165) is 0 Å². The monoisotopic (exact) mass is 132 g/mol. The predicted octanol–water partition coefficient (Wildman–Crippen LogP) is 0.737. The SMILES string of the molecule is O=C1N=C(Cl)CCN1. The normalized spacial score (nSPS) is 19.6. The number of carbonyl (C=O) groups excluding carboxylic acids is 1. The Kier molecular flexibility index (Phi) is 1.48. The van der Waals surface area contributed by atoms with Gasteiger partial charge in [-0.15, -0.1) is 0 Å². The number of nitrogens with one attached hydrogen (secondary N) is 1. The van der Waals surface area contributed by atoms with Crippen molar-refractivity contribution in [1.29, 1.82) is 0 Å². The molecule has 1 N–H and O–H groups in total. The Balaban J connectivity index is 2.64. The zero-order chi connectivity index (χ0) is 5.98. The molecule has 0 radical (unpaired) electrons. The van der Waals surface area contributed by atoms with Crippen molar-refractivity contribution in [2.75, 3.05) is 6.54 Å². The topological polar surface area (TPSA) is 41.5 Å². The minimum Gasteiger partial charge on any atom is -0.336 e. The highest BCUT2D eigenvalue weighted by Crippen LogP contribution is 1.96. The van der Waals surface area contributed by atoms with Crippen LogP contribution in [0, 0.1) is 0 Å². The quantitative estimate of drug-likeness (QED) is 0.519. The molecular weight excluding hydrogens is 128 g/mol. The summed E-state index contributed by atoms with van der Waals surface area (Å²) in [7, 11) is 0. The van der Waals surface area contributed by atoms with Crippen LogP contribution in [0.3, 0.4) is 0 Å². The van der Waals surface area contributed by atoms with Crippen molar-refractivity contribution < 1.29 is 4.79 Å². The maximum atomic E-state index is 10.3. The lowest BCUT2D eigenvalue weighted by Gasteiger charge is -2.05. The van der Waals surface area contributed by atoms with Gasteiger partial charge in [0.15, 0.2) is 0 Å². The largest absolute Gasteiger partial charge is 0.342 e. The number of carbonyl (C=O) groups is 1. The molecule has 1 rings (SSSR count). The van der Waals surface area contributed by atoms with Gasteiger partial charge in [0.2, 0.25) is 0 Å². The van der Waals surface area contributed by atoms with Crippen LogP contribution in [0.2, 0.25) is 0 Å². The van der Waals surface area contributed by atoms with E-state index in [0.29, 0.717) is 18.1 Å². The first kappa shape index (κ1) is 5.56. The van der Waals surface area contributed by atoms with Gasteiger partial charge in [-0.3, -0.25) is 0 Å². The molecule has 2 amide bonds. The van der Waals surface area contributed by atoms with Gasteiger partial charge in [-0.05, 0) is 0 Å². The zero-order valence-electron chi connectivity index (χ0n) is 4.15. The molecule has 0 fully saturated rings. The molecule has 44 valence electrons. The average molecular weight is 133 g/mol. The summed E-state index contributed by atoms with van der Waals surface area (Å²) in [6.45, 7) is 0.612. The maximum Gasteiger partial charge on any atom is 0.342 e. The van der Waals surface area contributed by atoms with Gasteiger partial charge in [0.1, 0.15) is 5.17 Å². The Labute approximate surface area is 51.7 Å². The van der Waals surface area contributed by atoms with Crippen LogP contribution in [0.5, 0.6) is 0 Å². The number of rotatable bonds is 0. The molecular formula is C4H5ClN2O. The molecule has 0 aromatic heterocycles. The fourth-order valence-corrected chi connectivity index (χ4v) is 0.649. The van der Waals surface area contributed by atoms with Crippen LogP contribution < -0.4 is 5.32 Å². The van der Waals surface area contributed by atoms with Crippen LogP contribution in [0.15, 0.2) is 4.99 Å². The second-order valence-electron chi connectivity index (χ2n) is 1.47. The zero-order valence-corrected chi connectivity index (χ0v) is 4.90. The van der Waals surface area contributed by atoms with Crippen molar-refractivity contribution in [2.45, 2.75) is 6.42 Å². The highest BCUT2D eigenvalue weighted by atomic mass is 35.5. The molecule has 0 saturated carbocycles. The van der Waals surface area contributed by atoms with Gasteiger partial charge >= 0.3 is 6.03 Å². The molecule has 0 bridgehead atoms. The summed E-state index contributed by atoms with van der Waals surface area (Å²) < 4.78 is 0. The van der Waals surface area contributed by atoms with Crippen molar-refractivity contribution in [1.82, 2.24) is 5.32 Å². The van der Waals surface area contributed by atoms with Gasteiger partial charge in [-0.1, -0.05) is 11.6 Å². The fourth-order valence-electron chi connectivity index (χ4n) is 0.478. The second kappa shape index (κ2) is 2.13. The molecule has 0 atom stereocenters. The summed E-state index contributed by atoms with van der Waals surface area (Å²) in [5.74, 6) is 0. The third-order valence-corrected chi connectivity index (χ3v) is 1.10. The van der Waals surface area contributed by atoms with Crippen LogP contribution in [0.4, 0.5) is 4.79 Å². The van der Waals surface area contributed by atoms with E-state index in [4.69, 9.17) is 11.6 Å². The summed E-state index contributed by atoms with van der Waals surface area (Å²) in [6.07, 6.45) is 0.660. The summed E-state index contributed by atoms with van der Waals surface area (Å²) in [6, 6.07) is -0.332. The minimum atomic E-state index is -0.332. The van der Waals surface area contributed by atoms with E-state index in [1.165, 1.54) is 0 Å². The predicted molar refractivity (Wildman–Crippen MR) is 31.3 cm³/mol. The number of hydrogen-bond acceptors (Lipinski definition) is 1. The van der Waals surface area contributed by atoms with Gasteiger partial charge in [-0.2, -0.15) is 4.99 Å². The number of nitrogens with zero attached hydrogens (tertiary/aromatic N) is 1. The summed E-state index contributed by atoms with van der Waals surface area (Å²) in [5.41, 5.74) is 0. The molecule has 0 aromatic rings.